The van der Waals surface area contributed by atoms with Crippen molar-refractivity contribution in [3.05, 3.63) is 52.2 Å². The van der Waals surface area contributed by atoms with Crippen molar-refractivity contribution in [3.8, 4) is 0 Å². The molecule has 0 bridgehead atoms. The van der Waals surface area contributed by atoms with Crippen molar-refractivity contribution in [1.82, 2.24) is 9.62 Å². The van der Waals surface area contributed by atoms with E-state index in [9.17, 15) is 22.8 Å². The lowest BCUT2D eigenvalue weighted by Gasteiger charge is -2.18. The Morgan fingerprint density at radius 1 is 1.07 bits per heavy atom. The molecular weight excluding hydrogens is 404 g/mol. The van der Waals surface area contributed by atoms with E-state index in [2.05, 4.69) is 5.32 Å². The van der Waals surface area contributed by atoms with E-state index in [1.165, 1.54) is 39.9 Å². The summed E-state index contributed by atoms with van der Waals surface area (Å²) in [6, 6.07) is 8.48. The van der Waals surface area contributed by atoms with E-state index in [-0.39, 0.29) is 10.5 Å². The smallest absolute Gasteiger partial charge is 0.338 e. The number of rotatable bonds is 8. The molecule has 28 heavy (non-hydrogen) atoms. The Hall–Kier alpha value is -2.56. The molecule has 8 nitrogen and oxygen atoms in total. The van der Waals surface area contributed by atoms with Crippen LogP contribution in [0.4, 0.5) is 0 Å². The van der Waals surface area contributed by atoms with Gasteiger partial charge in [0.1, 0.15) is 0 Å². The minimum absolute atomic E-state index is 0.0621. The number of sulfonamides is 1. The summed E-state index contributed by atoms with van der Waals surface area (Å²) >= 11 is 1.18. The minimum atomic E-state index is -3.62. The number of imide groups is 1. The van der Waals surface area contributed by atoms with Crippen LogP contribution in [-0.2, 0) is 19.6 Å². The first-order valence-corrected chi connectivity index (χ1v) is 10.8. The number of benzene rings is 1. The zero-order valence-electron chi connectivity index (χ0n) is 15.4. The second-order valence-electron chi connectivity index (χ2n) is 5.54. The van der Waals surface area contributed by atoms with E-state index in [0.29, 0.717) is 18.0 Å². The van der Waals surface area contributed by atoms with Crippen molar-refractivity contribution < 1.29 is 27.5 Å². The molecule has 0 fully saturated rings. The molecule has 0 unspecified atom stereocenters. The van der Waals surface area contributed by atoms with Gasteiger partial charge in [0, 0.05) is 13.1 Å². The van der Waals surface area contributed by atoms with Gasteiger partial charge in [-0.25, -0.2) is 13.2 Å². The van der Waals surface area contributed by atoms with Gasteiger partial charge in [-0.2, -0.15) is 4.31 Å². The maximum absolute atomic E-state index is 12.4. The average molecular weight is 425 g/mol. The van der Waals surface area contributed by atoms with E-state index in [4.69, 9.17) is 4.74 Å². The Morgan fingerprint density at radius 2 is 1.71 bits per heavy atom. The molecule has 1 aromatic heterocycles. The van der Waals surface area contributed by atoms with Crippen LogP contribution in [0.1, 0.15) is 33.9 Å². The molecule has 2 amide bonds. The molecule has 0 radical (unpaired) electrons. The first-order chi connectivity index (χ1) is 13.3. The molecule has 150 valence electrons. The quantitative estimate of drug-likeness (QED) is 0.648. The van der Waals surface area contributed by atoms with Crippen LogP contribution in [0.15, 0.2) is 46.7 Å². The number of esters is 1. The van der Waals surface area contributed by atoms with Crippen LogP contribution in [0.25, 0.3) is 0 Å². The maximum atomic E-state index is 12.4. The zero-order chi connectivity index (χ0) is 20.7. The number of nitrogens with zero attached hydrogens (tertiary/aromatic N) is 1. The highest BCUT2D eigenvalue weighted by molar-refractivity contribution is 7.89. The fraction of sp³-hybridized carbons (Fsp3) is 0.278. The molecule has 0 saturated carbocycles. The summed E-state index contributed by atoms with van der Waals surface area (Å²) < 4.78 is 31.0. The Morgan fingerprint density at radius 3 is 2.25 bits per heavy atom. The predicted octanol–water partition coefficient (Wildman–Crippen LogP) is 1.89. The lowest BCUT2D eigenvalue weighted by atomic mass is 10.2. The van der Waals surface area contributed by atoms with Gasteiger partial charge in [-0.1, -0.05) is 19.9 Å². The highest BCUT2D eigenvalue weighted by Gasteiger charge is 2.22. The van der Waals surface area contributed by atoms with Gasteiger partial charge >= 0.3 is 5.97 Å². The van der Waals surface area contributed by atoms with Gasteiger partial charge in [-0.3, -0.25) is 14.9 Å². The van der Waals surface area contributed by atoms with Crippen molar-refractivity contribution in [2.45, 2.75) is 18.7 Å². The topological polar surface area (TPSA) is 110 Å². The van der Waals surface area contributed by atoms with Crippen LogP contribution >= 0.6 is 11.3 Å². The van der Waals surface area contributed by atoms with Crippen molar-refractivity contribution in [2.75, 3.05) is 19.7 Å². The van der Waals surface area contributed by atoms with Crippen LogP contribution in [-0.4, -0.2) is 50.2 Å². The van der Waals surface area contributed by atoms with Gasteiger partial charge < -0.3 is 4.74 Å². The van der Waals surface area contributed by atoms with E-state index in [1.54, 1.807) is 31.4 Å². The molecule has 0 atom stereocenters. The number of carbonyl (C=O) groups excluding carboxylic acids is 3. The van der Waals surface area contributed by atoms with Crippen molar-refractivity contribution in [1.29, 1.82) is 0 Å². The third-order valence-corrected chi connectivity index (χ3v) is 6.70. The number of ether oxygens (including phenoxy) is 1. The van der Waals surface area contributed by atoms with Gasteiger partial charge in [0.15, 0.2) is 6.61 Å². The molecule has 0 aliphatic heterocycles. The third-order valence-electron chi connectivity index (χ3n) is 3.77. The Bertz CT molecular complexity index is 933. The van der Waals surface area contributed by atoms with Gasteiger partial charge in [-0.15, -0.1) is 11.3 Å². The molecular formula is C18H20N2O6S2. The van der Waals surface area contributed by atoms with Gasteiger partial charge in [0.05, 0.1) is 15.3 Å². The largest absolute Gasteiger partial charge is 0.452 e. The molecule has 0 aliphatic rings. The number of hydrogen-bond donors (Lipinski definition) is 1. The van der Waals surface area contributed by atoms with Gasteiger partial charge in [-0.05, 0) is 35.7 Å². The first kappa shape index (κ1) is 21.7. The van der Waals surface area contributed by atoms with Crippen molar-refractivity contribution in [3.63, 3.8) is 0 Å². The third kappa shape index (κ3) is 5.24. The second kappa shape index (κ2) is 9.58. The van der Waals surface area contributed by atoms with Crippen LogP contribution in [0, 0.1) is 0 Å². The standard InChI is InChI=1S/C18H20N2O6S2/c1-3-20(4-2)28(24,25)14-9-7-13(8-10-14)18(23)26-12-16(21)19-17(22)15-6-5-11-27-15/h5-11H,3-4,12H2,1-2H3,(H,19,21,22). The molecule has 0 aliphatic carbocycles. The molecule has 1 N–H and O–H groups in total. The van der Waals surface area contributed by atoms with Crippen molar-refractivity contribution >= 4 is 39.1 Å². The molecule has 0 spiro atoms. The number of carbonyl (C=O) groups is 3. The van der Waals surface area contributed by atoms with Crippen LogP contribution in [0.3, 0.4) is 0 Å². The number of hydrogen-bond acceptors (Lipinski definition) is 7. The van der Waals surface area contributed by atoms with Gasteiger partial charge in [0.25, 0.3) is 11.8 Å². The van der Waals surface area contributed by atoms with E-state index in [0.717, 1.165) is 0 Å². The Kier molecular flexibility index (Phi) is 7.44. The predicted molar refractivity (Wildman–Crippen MR) is 104 cm³/mol. The normalized spacial score (nSPS) is 11.2. The molecule has 10 heteroatoms. The van der Waals surface area contributed by atoms with E-state index in [1.807, 2.05) is 0 Å². The van der Waals surface area contributed by atoms with Crippen LogP contribution in [0.5, 0.6) is 0 Å². The van der Waals surface area contributed by atoms with Crippen LogP contribution < -0.4 is 5.32 Å². The van der Waals surface area contributed by atoms with Gasteiger partial charge in [0.2, 0.25) is 10.0 Å². The molecule has 2 aromatic rings. The molecule has 2 rings (SSSR count). The fourth-order valence-corrected chi connectivity index (χ4v) is 4.40. The monoisotopic (exact) mass is 424 g/mol. The SMILES string of the molecule is CCN(CC)S(=O)(=O)c1ccc(C(=O)OCC(=O)NC(=O)c2cccs2)cc1. The summed E-state index contributed by atoms with van der Waals surface area (Å²) in [6.45, 7) is 3.52. The summed E-state index contributed by atoms with van der Waals surface area (Å²) in [5, 5.41) is 3.81. The van der Waals surface area contributed by atoms with Crippen molar-refractivity contribution in [2.24, 2.45) is 0 Å². The summed E-state index contributed by atoms with van der Waals surface area (Å²) in [4.78, 5) is 35.9. The second-order valence-corrected chi connectivity index (χ2v) is 8.43. The Labute approximate surface area is 167 Å². The van der Waals surface area contributed by atoms with E-state index >= 15 is 0 Å². The fourth-order valence-electron chi connectivity index (χ4n) is 2.32. The van der Waals surface area contributed by atoms with Crippen LogP contribution in [0.2, 0.25) is 0 Å². The summed E-state index contributed by atoms with van der Waals surface area (Å²) in [5.41, 5.74) is 0.0934. The number of amides is 2. The average Bonchev–Trinajstić information content (AvgIpc) is 3.22. The summed E-state index contributed by atoms with van der Waals surface area (Å²) in [7, 11) is -3.62. The number of thiophene rings is 1. The summed E-state index contributed by atoms with van der Waals surface area (Å²) in [5.74, 6) is -2.12. The van der Waals surface area contributed by atoms with E-state index < -0.39 is 34.4 Å². The molecule has 1 aromatic carbocycles. The lowest BCUT2D eigenvalue weighted by molar-refractivity contribution is -0.123. The molecule has 1 heterocycles. The molecule has 0 saturated heterocycles. The maximum Gasteiger partial charge on any atom is 0.338 e. The highest BCUT2D eigenvalue weighted by Crippen LogP contribution is 2.16. The first-order valence-electron chi connectivity index (χ1n) is 8.44. The summed E-state index contributed by atoms with van der Waals surface area (Å²) in [6.07, 6.45) is 0. The zero-order valence-corrected chi connectivity index (χ0v) is 17.0. The highest BCUT2D eigenvalue weighted by atomic mass is 32.2. The lowest BCUT2D eigenvalue weighted by Crippen LogP contribution is -2.33. The Balaban J connectivity index is 1.94. The minimum Gasteiger partial charge on any atom is -0.452 e. The number of nitrogens with one attached hydrogen (secondary N) is 1.